The maximum Gasteiger partial charge on any atom is 0.222 e. The molecule has 0 aromatic carbocycles. The molecule has 7 heteroatoms. The van der Waals surface area contributed by atoms with E-state index >= 15 is 0 Å². The monoisotopic (exact) mass is 339 g/mol. The van der Waals surface area contributed by atoms with Gasteiger partial charge in [0, 0.05) is 37.5 Å². The Bertz CT molecular complexity index is 501. The summed E-state index contributed by atoms with van der Waals surface area (Å²) in [6.07, 6.45) is 0.257. The lowest BCUT2D eigenvalue weighted by Crippen LogP contribution is -2.46. The molecule has 1 aliphatic heterocycles. The molecule has 23 heavy (non-hydrogen) atoms. The van der Waals surface area contributed by atoms with E-state index in [0.717, 1.165) is 37.7 Å². The molecule has 1 aliphatic rings. The second kappa shape index (κ2) is 9.00. The van der Waals surface area contributed by atoms with Gasteiger partial charge in [0.05, 0.1) is 25.7 Å². The van der Waals surface area contributed by atoms with Gasteiger partial charge in [-0.15, -0.1) is 11.3 Å². The van der Waals surface area contributed by atoms with E-state index in [1.807, 2.05) is 24.4 Å². The van der Waals surface area contributed by atoms with E-state index in [0.29, 0.717) is 0 Å². The number of hydrogen-bond acceptors (Lipinski definition) is 5. The van der Waals surface area contributed by atoms with Crippen molar-refractivity contribution in [2.75, 3.05) is 32.8 Å². The van der Waals surface area contributed by atoms with Crippen LogP contribution in [0.25, 0.3) is 0 Å². The van der Waals surface area contributed by atoms with Crippen LogP contribution < -0.4 is 10.6 Å². The largest absolute Gasteiger partial charge is 0.379 e. The van der Waals surface area contributed by atoms with Gasteiger partial charge in [-0.05, 0) is 18.4 Å². The fourth-order valence-electron chi connectivity index (χ4n) is 2.69. The Morgan fingerprint density at radius 2 is 2.09 bits per heavy atom. The van der Waals surface area contributed by atoms with Crippen LogP contribution >= 0.6 is 11.3 Å². The number of rotatable bonds is 7. The molecule has 0 spiro atoms. The number of hydrogen-bond donors (Lipinski definition) is 2. The summed E-state index contributed by atoms with van der Waals surface area (Å²) in [6, 6.07) is 3.67. The predicted octanol–water partition coefficient (Wildman–Crippen LogP) is 1.15. The number of ether oxygens (including phenoxy) is 1. The van der Waals surface area contributed by atoms with Gasteiger partial charge in [-0.2, -0.15) is 0 Å². The first kappa shape index (κ1) is 17.9. The first-order valence-corrected chi connectivity index (χ1v) is 8.82. The minimum Gasteiger partial charge on any atom is -0.379 e. The van der Waals surface area contributed by atoms with E-state index in [1.165, 1.54) is 6.92 Å². The Labute approximate surface area is 141 Å². The van der Waals surface area contributed by atoms with Gasteiger partial charge in [-0.25, -0.2) is 0 Å². The van der Waals surface area contributed by atoms with Gasteiger partial charge < -0.3 is 15.4 Å². The van der Waals surface area contributed by atoms with E-state index in [-0.39, 0.29) is 30.3 Å². The molecule has 1 aromatic heterocycles. The quantitative estimate of drug-likeness (QED) is 0.782. The van der Waals surface area contributed by atoms with Crippen molar-refractivity contribution < 1.29 is 14.3 Å². The predicted molar refractivity (Wildman–Crippen MR) is 90.4 cm³/mol. The zero-order chi connectivity index (χ0) is 16.7. The highest BCUT2D eigenvalue weighted by Crippen LogP contribution is 2.22. The van der Waals surface area contributed by atoms with Crippen molar-refractivity contribution in [3.63, 3.8) is 0 Å². The van der Waals surface area contributed by atoms with Crippen molar-refractivity contribution in [3.05, 3.63) is 22.4 Å². The van der Waals surface area contributed by atoms with Crippen molar-refractivity contribution in [2.45, 2.75) is 32.4 Å². The maximum absolute atomic E-state index is 12.3. The highest BCUT2D eigenvalue weighted by Gasteiger charge is 2.20. The van der Waals surface area contributed by atoms with E-state index in [4.69, 9.17) is 4.74 Å². The molecule has 2 N–H and O–H groups in total. The minimum absolute atomic E-state index is 0.0436. The molecule has 0 saturated carbocycles. The average Bonchev–Trinajstić information content (AvgIpc) is 3.01. The van der Waals surface area contributed by atoms with Gasteiger partial charge in [0.25, 0.3) is 0 Å². The molecule has 128 valence electrons. The van der Waals surface area contributed by atoms with Gasteiger partial charge in [0.15, 0.2) is 0 Å². The molecule has 0 bridgehead atoms. The summed E-state index contributed by atoms with van der Waals surface area (Å²) in [4.78, 5) is 26.9. The van der Waals surface area contributed by atoms with E-state index in [9.17, 15) is 9.59 Å². The van der Waals surface area contributed by atoms with Crippen molar-refractivity contribution in [1.29, 1.82) is 0 Å². The summed E-state index contributed by atoms with van der Waals surface area (Å²) in [5.41, 5.74) is 0. The zero-order valence-electron chi connectivity index (χ0n) is 13.7. The number of carbonyl (C=O) groups is 2. The van der Waals surface area contributed by atoms with Crippen LogP contribution in [-0.2, 0) is 14.3 Å². The number of morpholine rings is 1. The summed E-state index contributed by atoms with van der Waals surface area (Å²) >= 11 is 1.55. The van der Waals surface area contributed by atoms with Crippen LogP contribution in [0.5, 0.6) is 0 Å². The summed E-state index contributed by atoms with van der Waals surface area (Å²) in [5, 5.41) is 7.82. The molecule has 2 heterocycles. The topological polar surface area (TPSA) is 70.7 Å². The van der Waals surface area contributed by atoms with Crippen LogP contribution in [0.15, 0.2) is 17.5 Å². The van der Waals surface area contributed by atoms with Crippen molar-refractivity contribution in [3.8, 4) is 0 Å². The molecule has 2 amide bonds. The van der Waals surface area contributed by atoms with Gasteiger partial charge in [-0.1, -0.05) is 6.07 Å². The second-order valence-corrected chi connectivity index (χ2v) is 6.83. The van der Waals surface area contributed by atoms with Crippen LogP contribution in [0.2, 0.25) is 0 Å². The van der Waals surface area contributed by atoms with Crippen LogP contribution in [0.4, 0.5) is 0 Å². The molecule has 6 nitrogen and oxygen atoms in total. The molecule has 1 saturated heterocycles. The zero-order valence-corrected chi connectivity index (χ0v) is 14.5. The Balaban J connectivity index is 1.82. The number of thiophene rings is 1. The minimum atomic E-state index is -0.261. The summed E-state index contributed by atoms with van der Waals surface area (Å²) < 4.78 is 5.33. The summed E-state index contributed by atoms with van der Waals surface area (Å²) in [7, 11) is 0. The first-order chi connectivity index (χ1) is 11.0. The second-order valence-electron chi connectivity index (χ2n) is 5.85. The molecule has 2 rings (SSSR count). The van der Waals surface area contributed by atoms with Crippen molar-refractivity contribution in [2.24, 2.45) is 0 Å². The molecule has 1 fully saturated rings. The molecular weight excluding hydrogens is 314 g/mol. The van der Waals surface area contributed by atoms with Crippen molar-refractivity contribution in [1.82, 2.24) is 15.5 Å². The SMILES string of the molecule is CC(=O)N[C@H](CC(=O)N[C@@H](C)CN1CCOCC1)c1cccs1. The third-order valence-electron chi connectivity index (χ3n) is 3.70. The Kier molecular flexibility index (Phi) is 7.01. The molecule has 0 unspecified atom stereocenters. The Morgan fingerprint density at radius 1 is 1.35 bits per heavy atom. The summed E-state index contributed by atoms with van der Waals surface area (Å²) in [6.45, 7) is 7.62. The van der Waals surface area contributed by atoms with Gasteiger partial charge in [-0.3, -0.25) is 14.5 Å². The molecule has 1 aromatic rings. The highest BCUT2D eigenvalue weighted by molar-refractivity contribution is 7.10. The fraction of sp³-hybridized carbons (Fsp3) is 0.625. The number of nitrogens with zero attached hydrogens (tertiary/aromatic N) is 1. The lowest BCUT2D eigenvalue weighted by molar-refractivity contribution is -0.123. The Hall–Kier alpha value is -1.44. The lowest BCUT2D eigenvalue weighted by atomic mass is 10.1. The van der Waals surface area contributed by atoms with Crippen molar-refractivity contribution >= 4 is 23.2 Å². The normalized spacial score (nSPS) is 18.2. The first-order valence-electron chi connectivity index (χ1n) is 7.94. The number of amides is 2. The van der Waals surface area contributed by atoms with E-state index in [1.54, 1.807) is 11.3 Å². The average molecular weight is 339 g/mol. The molecular formula is C16H25N3O3S. The number of carbonyl (C=O) groups excluding carboxylic acids is 2. The lowest BCUT2D eigenvalue weighted by Gasteiger charge is -2.29. The van der Waals surface area contributed by atoms with Gasteiger partial charge in [0.2, 0.25) is 11.8 Å². The Morgan fingerprint density at radius 3 is 2.70 bits per heavy atom. The van der Waals surface area contributed by atoms with Crippen LogP contribution in [0, 0.1) is 0 Å². The highest BCUT2D eigenvalue weighted by atomic mass is 32.1. The summed E-state index contributed by atoms with van der Waals surface area (Å²) in [5.74, 6) is -0.171. The van der Waals surface area contributed by atoms with Crippen LogP contribution in [0.3, 0.4) is 0 Å². The van der Waals surface area contributed by atoms with Gasteiger partial charge in [0.1, 0.15) is 0 Å². The molecule has 0 aliphatic carbocycles. The fourth-order valence-corrected chi connectivity index (χ4v) is 3.47. The van der Waals surface area contributed by atoms with E-state index < -0.39 is 0 Å². The van der Waals surface area contributed by atoms with E-state index in [2.05, 4.69) is 15.5 Å². The third-order valence-corrected chi connectivity index (χ3v) is 4.68. The van der Waals surface area contributed by atoms with Gasteiger partial charge >= 0.3 is 0 Å². The van der Waals surface area contributed by atoms with Crippen LogP contribution in [-0.4, -0.2) is 55.6 Å². The smallest absolute Gasteiger partial charge is 0.222 e. The molecule has 0 radical (unpaired) electrons. The third kappa shape index (κ3) is 6.29. The van der Waals surface area contributed by atoms with Crippen LogP contribution in [0.1, 0.15) is 31.2 Å². The standard InChI is InChI=1S/C16H25N3O3S/c1-12(11-19-5-7-22-8-6-19)17-16(21)10-14(18-13(2)20)15-4-3-9-23-15/h3-4,9,12,14H,5-8,10-11H2,1-2H3,(H,17,21)(H,18,20)/t12-,14+/m0/s1. The maximum atomic E-state index is 12.3. The molecule has 2 atom stereocenters. The number of nitrogens with one attached hydrogen (secondary N) is 2.